The normalized spacial score (nSPS) is 14.5. The molecule has 2 unspecified atom stereocenters. The van der Waals surface area contributed by atoms with Gasteiger partial charge < -0.3 is 23.8 Å². The number of unbranched alkanes of at least 4 members (excludes halogenated alkanes) is 9. The van der Waals surface area contributed by atoms with Crippen molar-refractivity contribution in [1.82, 2.24) is 0 Å². The van der Waals surface area contributed by atoms with Crippen LogP contribution >= 0.6 is 7.60 Å². The second-order valence-electron chi connectivity index (χ2n) is 7.02. The maximum absolute atomic E-state index is 11.8. The Morgan fingerprint density at radius 3 is 1.78 bits per heavy atom. The smallest absolute Gasteiger partial charge is 0.306 e. The molecule has 0 spiro atoms. The van der Waals surface area contributed by atoms with Gasteiger partial charge in [-0.05, 0) is 19.3 Å². The highest BCUT2D eigenvalue weighted by Crippen LogP contribution is 2.31. The van der Waals surface area contributed by atoms with Crippen molar-refractivity contribution in [2.45, 2.75) is 96.5 Å². The zero-order valence-electron chi connectivity index (χ0n) is 16.8. The topological polar surface area (TPSA) is 113 Å². The van der Waals surface area contributed by atoms with E-state index in [0.717, 1.165) is 58.0 Å². The van der Waals surface area contributed by atoms with Gasteiger partial charge in [0, 0.05) is 19.5 Å². The summed E-state index contributed by atoms with van der Waals surface area (Å²) >= 11 is 0. The van der Waals surface area contributed by atoms with Crippen LogP contribution in [0.15, 0.2) is 0 Å². The average Bonchev–Trinajstić information content (AvgIpc) is 2.58. The van der Waals surface area contributed by atoms with Crippen LogP contribution in [0.3, 0.4) is 0 Å². The Labute approximate surface area is 163 Å². The van der Waals surface area contributed by atoms with E-state index in [1.807, 2.05) is 6.92 Å². The predicted octanol–water partition coefficient (Wildman–Crippen LogP) is 4.27. The van der Waals surface area contributed by atoms with Crippen LogP contribution in [-0.2, 0) is 23.4 Å². The lowest BCUT2D eigenvalue weighted by Gasteiger charge is -2.22. The molecule has 160 valence electrons. The molecule has 0 rings (SSSR count). The highest BCUT2D eigenvalue weighted by molar-refractivity contribution is 7.50. The predicted molar refractivity (Wildman–Crippen MR) is 103 cm³/mol. The van der Waals surface area contributed by atoms with E-state index in [4.69, 9.17) is 14.4 Å². The summed E-state index contributed by atoms with van der Waals surface area (Å²) in [4.78, 5) is 33.1. The van der Waals surface area contributed by atoms with Crippen LogP contribution in [0.1, 0.15) is 90.4 Å². The van der Waals surface area contributed by atoms with E-state index in [2.05, 4.69) is 0 Å². The molecule has 27 heavy (non-hydrogen) atoms. The lowest BCUT2D eigenvalue weighted by molar-refractivity contribution is -0.199. The Kier molecular flexibility index (Phi) is 15.5. The number of ether oxygens (including phenoxy) is 1. The Hall–Kier alpha value is -0.910. The summed E-state index contributed by atoms with van der Waals surface area (Å²) in [7, 11) is -3.79. The van der Waals surface area contributed by atoms with E-state index in [-0.39, 0.29) is 19.0 Å². The fourth-order valence-corrected chi connectivity index (χ4v) is 3.10. The van der Waals surface area contributed by atoms with Gasteiger partial charge in [0.1, 0.15) is 13.7 Å². The minimum Gasteiger partial charge on any atom is -0.779 e. The second-order valence-corrected chi connectivity index (χ2v) is 8.82. The third-order valence-corrected chi connectivity index (χ3v) is 4.89. The summed E-state index contributed by atoms with van der Waals surface area (Å²) in [5.74, 6) is -1.02. The van der Waals surface area contributed by atoms with Gasteiger partial charge in [-0.25, -0.2) is 0 Å². The molecule has 7 nitrogen and oxygen atoms in total. The number of carbonyl (C=O) groups excluding carboxylic acids is 1. The molecule has 0 aliphatic rings. The molecule has 1 N–H and O–H groups in total. The van der Waals surface area contributed by atoms with Crippen LogP contribution in [0.5, 0.6) is 0 Å². The first-order valence-corrected chi connectivity index (χ1v) is 12.1. The first-order chi connectivity index (χ1) is 12.7. The zero-order valence-corrected chi connectivity index (χ0v) is 17.7. The van der Waals surface area contributed by atoms with Crippen LogP contribution in [0, 0.1) is 0 Å². The first kappa shape index (κ1) is 26.1. The van der Waals surface area contributed by atoms with E-state index < -0.39 is 19.7 Å². The molecule has 0 aromatic carbocycles. The van der Waals surface area contributed by atoms with Crippen molar-refractivity contribution < 1.29 is 33.4 Å². The van der Waals surface area contributed by atoms with Gasteiger partial charge in [0.2, 0.25) is 0 Å². The Balaban J connectivity index is 3.49. The Morgan fingerprint density at radius 1 is 0.926 bits per heavy atom. The number of esters is 1. The van der Waals surface area contributed by atoms with Crippen LogP contribution in [0.4, 0.5) is 0 Å². The van der Waals surface area contributed by atoms with E-state index in [0.29, 0.717) is 12.8 Å². The maximum Gasteiger partial charge on any atom is 0.306 e. The average molecular weight is 407 g/mol. The van der Waals surface area contributed by atoms with Crippen LogP contribution in [0.2, 0.25) is 0 Å². The highest BCUT2D eigenvalue weighted by Gasteiger charge is 2.14. The molecule has 0 aromatic heterocycles. The first-order valence-electron chi connectivity index (χ1n) is 10.1. The number of carboxylic acids is 1. The molecule has 0 aromatic rings. The molecule has 0 radical (unpaired) electrons. The van der Waals surface area contributed by atoms with E-state index in [9.17, 15) is 19.0 Å². The van der Waals surface area contributed by atoms with Gasteiger partial charge in [0.15, 0.2) is 0 Å². The Bertz CT molecular complexity index is 447. The van der Waals surface area contributed by atoms with Gasteiger partial charge in [-0.3, -0.25) is 9.59 Å². The summed E-state index contributed by atoms with van der Waals surface area (Å²) in [5, 5.41) is 8.54. The van der Waals surface area contributed by atoms with Gasteiger partial charge in [0.25, 0.3) is 0 Å². The van der Waals surface area contributed by atoms with Crippen molar-refractivity contribution in [3.8, 4) is 0 Å². The summed E-state index contributed by atoms with van der Waals surface area (Å²) in [6, 6.07) is 0. The van der Waals surface area contributed by atoms with Crippen molar-refractivity contribution in [2.24, 2.45) is 0 Å². The SMILES string of the molecule is CCC(COP(C)(=O)[O-])OC(=O)CCCCCCCCCCCCC(=O)O. The third kappa shape index (κ3) is 19.7. The molecular weight excluding hydrogens is 371 g/mol. The number of carbonyl (C=O) groups is 2. The quantitative estimate of drug-likeness (QED) is 0.205. The molecule has 0 saturated heterocycles. The van der Waals surface area contributed by atoms with Crippen molar-refractivity contribution in [1.29, 1.82) is 0 Å². The molecule has 0 aliphatic carbocycles. The largest absolute Gasteiger partial charge is 0.779 e. The molecule has 8 heteroatoms. The van der Waals surface area contributed by atoms with E-state index >= 15 is 0 Å². The lowest BCUT2D eigenvalue weighted by Crippen LogP contribution is -2.23. The molecule has 0 aliphatic heterocycles. The van der Waals surface area contributed by atoms with Gasteiger partial charge in [0.05, 0.1) is 6.61 Å². The number of carboxylic acid groups (broad SMARTS) is 1. The van der Waals surface area contributed by atoms with Crippen LogP contribution in [-0.4, -0.2) is 36.4 Å². The summed E-state index contributed by atoms with van der Waals surface area (Å²) in [6.07, 6.45) is 11.0. The van der Waals surface area contributed by atoms with Crippen molar-refractivity contribution in [3.05, 3.63) is 0 Å². The zero-order chi connectivity index (χ0) is 20.5. The van der Waals surface area contributed by atoms with Crippen molar-refractivity contribution >= 4 is 19.5 Å². The second kappa shape index (κ2) is 16.1. The fraction of sp³-hybridized carbons (Fsp3) is 0.895. The highest BCUT2D eigenvalue weighted by atomic mass is 31.2. The Morgan fingerprint density at radius 2 is 1.37 bits per heavy atom. The van der Waals surface area contributed by atoms with Gasteiger partial charge in [-0.15, -0.1) is 0 Å². The van der Waals surface area contributed by atoms with Gasteiger partial charge >= 0.3 is 11.9 Å². The van der Waals surface area contributed by atoms with Gasteiger partial charge in [-0.1, -0.05) is 58.3 Å². The molecule has 0 heterocycles. The lowest BCUT2D eigenvalue weighted by atomic mass is 10.1. The number of aliphatic carboxylic acids is 1. The number of hydrogen-bond donors (Lipinski definition) is 1. The number of rotatable bonds is 18. The minimum atomic E-state index is -3.79. The van der Waals surface area contributed by atoms with E-state index in [1.165, 1.54) is 12.8 Å². The van der Waals surface area contributed by atoms with Crippen LogP contribution < -0.4 is 4.89 Å². The standard InChI is InChI=1S/C19H37O7P/c1-3-17(16-25-27(2,23)24)26-19(22)15-13-11-9-7-5-4-6-8-10-12-14-18(20)21/h17H,3-16H2,1-2H3,(H,20,21)(H,23,24)/p-1. The molecule has 0 fully saturated rings. The number of hydrogen-bond acceptors (Lipinski definition) is 6. The molecule has 2 atom stereocenters. The molecule has 0 amide bonds. The summed E-state index contributed by atoms with van der Waals surface area (Å²) < 4.78 is 20.9. The third-order valence-electron chi connectivity index (χ3n) is 4.27. The maximum atomic E-state index is 11.8. The fourth-order valence-electron chi connectivity index (χ4n) is 2.66. The molecular formula is C19H36O7P-. The minimum absolute atomic E-state index is 0.115. The van der Waals surface area contributed by atoms with E-state index in [1.54, 1.807) is 0 Å². The van der Waals surface area contributed by atoms with Gasteiger partial charge in [-0.2, -0.15) is 0 Å². The molecule has 0 saturated carbocycles. The van der Waals surface area contributed by atoms with Crippen molar-refractivity contribution in [3.63, 3.8) is 0 Å². The summed E-state index contributed by atoms with van der Waals surface area (Å²) in [5.41, 5.74) is 0. The molecule has 0 bridgehead atoms. The van der Waals surface area contributed by atoms with Crippen molar-refractivity contribution in [2.75, 3.05) is 13.3 Å². The monoisotopic (exact) mass is 407 g/mol. The van der Waals surface area contributed by atoms with Crippen LogP contribution in [0.25, 0.3) is 0 Å². The summed E-state index contributed by atoms with van der Waals surface area (Å²) in [6.45, 7) is 2.70.